The van der Waals surface area contributed by atoms with E-state index in [0.29, 0.717) is 41.0 Å². The molecule has 1 heterocycles. The fourth-order valence-corrected chi connectivity index (χ4v) is 4.26. The lowest BCUT2D eigenvalue weighted by Crippen LogP contribution is -2.34. The van der Waals surface area contributed by atoms with Crippen molar-refractivity contribution in [2.45, 2.75) is 32.1 Å². The van der Waals surface area contributed by atoms with E-state index in [0.717, 1.165) is 12.1 Å². The summed E-state index contributed by atoms with van der Waals surface area (Å²) in [4.78, 5) is 36.6. The molecule has 0 saturated heterocycles. The van der Waals surface area contributed by atoms with Gasteiger partial charge in [-0.2, -0.15) is 0 Å². The Bertz CT molecular complexity index is 1140. The van der Waals surface area contributed by atoms with Crippen LogP contribution >= 0.6 is 0 Å². The number of Topliss-reactive ketones (excluding diaryl/α,β-unsaturated/α-hetero) is 1. The molecule has 0 unspecified atom stereocenters. The average Bonchev–Trinajstić information content (AvgIpc) is 2.81. The van der Waals surface area contributed by atoms with Gasteiger partial charge in [0, 0.05) is 41.4 Å². The first-order chi connectivity index (χ1) is 16.0. The van der Waals surface area contributed by atoms with Crippen LogP contribution in [-0.4, -0.2) is 29.9 Å². The Balaban J connectivity index is 1.58. The Labute approximate surface area is 191 Å². The van der Waals surface area contributed by atoms with Crippen LogP contribution in [0, 0.1) is 10.1 Å². The molecule has 0 spiro atoms. The number of hydrogen-bond donors (Lipinski definition) is 1. The smallest absolute Gasteiger partial charge is 0.336 e. The van der Waals surface area contributed by atoms with Gasteiger partial charge < -0.3 is 14.8 Å². The monoisotopic (exact) mass is 448 g/mol. The zero-order chi connectivity index (χ0) is 23.4. The number of carbonyl (C=O) groups excluding carboxylic acids is 2. The van der Waals surface area contributed by atoms with E-state index in [2.05, 4.69) is 5.32 Å². The number of non-ortho nitro benzene ring substituents is 1. The molecule has 0 aromatic heterocycles. The number of nitrogens with one attached hydrogen (secondary N) is 1. The zero-order valence-corrected chi connectivity index (χ0v) is 18.2. The van der Waals surface area contributed by atoms with Crippen molar-refractivity contribution in [2.75, 3.05) is 13.2 Å². The van der Waals surface area contributed by atoms with Gasteiger partial charge in [0.05, 0.1) is 10.5 Å². The van der Waals surface area contributed by atoms with Gasteiger partial charge in [0.25, 0.3) is 5.69 Å². The summed E-state index contributed by atoms with van der Waals surface area (Å²) in [6, 6.07) is 15.2. The van der Waals surface area contributed by atoms with Crippen molar-refractivity contribution in [3.8, 4) is 5.75 Å². The van der Waals surface area contributed by atoms with E-state index in [-0.39, 0.29) is 24.7 Å². The standard InChI is InChI=1S/C25H24N2O6/c1-16-22(25(29)33-15-14-32-19-6-3-2-4-7-19)23(17-10-12-18(13-11-17)27(30)31)24-20(26-16)8-5-9-21(24)28/h2-4,6-7,10-13,23,26H,5,8-9,14-15H2,1H3/t23-/m0/s1. The highest BCUT2D eigenvalue weighted by Gasteiger charge is 2.39. The molecule has 2 aliphatic rings. The third-order valence-electron chi connectivity index (χ3n) is 5.76. The van der Waals surface area contributed by atoms with E-state index in [4.69, 9.17) is 9.47 Å². The molecule has 2 aromatic rings. The molecule has 0 fully saturated rings. The van der Waals surface area contributed by atoms with Crippen molar-refractivity contribution in [1.82, 2.24) is 5.32 Å². The number of hydrogen-bond acceptors (Lipinski definition) is 7. The number of nitro benzene ring substituents is 1. The number of nitrogens with zero attached hydrogens (tertiary/aromatic N) is 1. The fraction of sp³-hybridized carbons (Fsp3) is 0.280. The minimum absolute atomic E-state index is 0.0303. The van der Waals surface area contributed by atoms with Crippen molar-refractivity contribution in [3.63, 3.8) is 0 Å². The number of carbonyl (C=O) groups is 2. The first-order valence-corrected chi connectivity index (χ1v) is 10.8. The predicted molar refractivity (Wildman–Crippen MR) is 120 cm³/mol. The first-order valence-electron chi connectivity index (χ1n) is 10.8. The molecule has 0 saturated carbocycles. The first kappa shape index (κ1) is 22.3. The summed E-state index contributed by atoms with van der Waals surface area (Å²) in [6.07, 6.45) is 1.84. The van der Waals surface area contributed by atoms with Crippen LogP contribution in [-0.2, 0) is 14.3 Å². The number of allylic oxidation sites excluding steroid dienone is 3. The molecule has 0 amide bonds. The Hall–Kier alpha value is -3.94. The van der Waals surface area contributed by atoms with Crippen molar-refractivity contribution in [2.24, 2.45) is 0 Å². The topological polar surface area (TPSA) is 108 Å². The van der Waals surface area contributed by atoms with Crippen LogP contribution < -0.4 is 10.1 Å². The molecule has 1 N–H and O–H groups in total. The molecule has 1 aliphatic heterocycles. The van der Waals surface area contributed by atoms with Crippen molar-refractivity contribution in [1.29, 1.82) is 0 Å². The van der Waals surface area contributed by atoms with E-state index in [9.17, 15) is 19.7 Å². The number of esters is 1. The number of nitro groups is 1. The van der Waals surface area contributed by atoms with Crippen LogP contribution in [0.4, 0.5) is 5.69 Å². The summed E-state index contributed by atoms with van der Waals surface area (Å²) in [5.74, 6) is -0.547. The van der Waals surface area contributed by atoms with E-state index >= 15 is 0 Å². The van der Waals surface area contributed by atoms with Crippen LogP contribution in [0.25, 0.3) is 0 Å². The molecule has 8 heteroatoms. The van der Waals surface area contributed by atoms with Crippen LogP contribution in [0.2, 0.25) is 0 Å². The second kappa shape index (κ2) is 9.68. The number of rotatable bonds is 7. The summed E-state index contributed by atoms with van der Waals surface area (Å²) in [5, 5.41) is 14.3. The predicted octanol–water partition coefficient (Wildman–Crippen LogP) is 4.18. The van der Waals surface area contributed by atoms with Gasteiger partial charge in [-0.3, -0.25) is 14.9 Å². The average molecular weight is 448 g/mol. The summed E-state index contributed by atoms with van der Waals surface area (Å²) in [5.41, 5.74) is 2.86. The van der Waals surface area contributed by atoms with Gasteiger partial charge in [-0.05, 0) is 37.5 Å². The molecular formula is C25H24N2O6. The Morgan fingerprint density at radius 1 is 1.09 bits per heavy atom. The Kier molecular flexibility index (Phi) is 6.53. The quantitative estimate of drug-likeness (QED) is 0.293. The van der Waals surface area contributed by atoms with Crippen LogP contribution in [0.5, 0.6) is 5.75 Å². The molecule has 0 bridgehead atoms. The fourth-order valence-electron chi connectivity index (χ4n) is 4.26. The van der Waals surface area contributed by atoms with Crippen LogP contribution in [0.15, 0.2) is 77.1 Å². The van der Waals surface area contributed by atoms with Gasteiger partial charge in [-0.25, -0.2) is 4.79 Å². The van der Waals surface area contributed by atoms with Crippen molar-refractivity contribution < 1.29 is 24.0 Å². The van der Waals surface area contributed by atoms with E-state index in [1.165, 1.54) is 12.1 Å². The minimum Gasteiger partial charge on any atom is -0.490 e. The highest BCUT2D eigenvalue weighted by atomic mass is 16.6. The zero-order valence-electron chi connectivity index (χ0n) is 18.2. The van der Waals surface area contributed by atoms with Gasteiger partial charge in [0.15, 0.2) is 5.78 Å². The third-order valence-corrected chi connectivity index (χ3v) is 5.76. The van der Waals surface area contributed by atoms with Gasteiger partial charge in [0.1, 0.15) is 19.0 Å². The Morgan fingerprint density at radius 3 is 2.52 bits per heavy atom. The van der Waals surface area contributed by atoms with Gasteiger partial charge in [-0.15, -0.1) is 0 Å². The highest BCUT2D eigenvalue weighted by Crippen LogP contribution is 2.42. The number of ether oxygens (including phenoxy) is 2. The maximum Gasteiger partial charge on any atom is 0.336 e. The molecule has 1 atom stereocenters. The molecule has 2 aromatic carbocycles. The molecule has 0 radical (unpaired) electrons. The lowest BCUT2D eigenvalue weighted by molar-refractivity contribution is -0.384. The molecule has 33 heavy (non-hydrogen) atoms. The Morgan fingerprint density at radius 2 is 1.82 bits per heavy atom. The van der Waals surface area contributed by atoms with Crippen LogP contribution in [0.3, 0.4) is 0 Å². The largest absolute Gasteiger partial charge is 0.490 e. The lowest BCUT2D eigenvalue weighted by Gasteiger charge is -2.34. The van der Waals surface area contributed by atoms with Gasteiger partial charge in [-0.1, -0.05) is 30.3 Å². The van der Waals surface area contributed by atoms with E-state index in [1.807, 2.05) is 30.3 Å². The molecule has 170 valence electrons. The van der Waals surface area contributed by atoms with Crippen molar-refractivity contribution in [3.05, 3.63) is 92.8 Å². The second-order valence-electron chi connectivity index (χ2n) is 7.91. The number of benzene rings is 2. The molecule has 8 nitrogen and oxygen atoms in total. The molecular weight excluding hydrogens is 424 g/mol. The summed E-state index contributed by atoms with van der Waals surface area (Å²) in [7, 11) is 0. The lowest BCUT2D eigenvalue weighted by atomic mass is 9.75. The normalized spacial score (nSPS) is 17.8. The number of para-hydroxylation sites is 1. The van der Waals surface area contributed by atoms with Crippen LogP contribution in [0.1, 0.15) is 37.7 Å². The summed E-state index contributed by atoms with van der Waals surface area (Å²) in [6.45, 7) is 2.00. The molecule has 1 aliphatic carbocycles. The third kappa shape index (κ3) is 4.79. The number of dihydropyridines is 1. The minimum atomic E-state index is -0.641. The van der Waals surface area contributed by atoms with Gasteiger partial charge in [0.2, 0.25) is 0 Å². The number of ketones is 1. The van der Waals surface area contributed by atoms with E-state index in [1.54, 1.807) is 19.1 Å². The SMILES string of the molecule is CC1=C(C(=O)OCCOc2ccccc2)[C@H](c2ccc([N+](=O)[O-])cc2)C2=C(CCCC2=O)N1. The maximum atomic E-state index is 13.1. The molecule has 4 rings (SSSR count). The van der Waals surface area contributed by atoms with Gasteiger partial charge >= 0.3 is 5.97 Å². The van der Waals surface area contributed by atoms with Crippen molar-refractivity contribution >= 4 is 17.4 Å². The highest BCUT2D eigenvalue weighted by molar-refractivity contribution is 6.03. The summed E-state index contributed by atoms with van der Waals surface area (Å²) < 4.78 is 11.1. The van der Waals surface area contributed by atoms with E-state index < -0.39 is 16.8 Å². The second-order valence-corrected chi connectivity index (χ2v) is 7.91. The summed E-state index contributed by atoms with van der Waals surface area (Å²) >= 11 is 0. The maximum absolute atomic E-state index is 13.1.